The Kier molecular flexibility index (Phi) is 4.78. The zero-order valence-electron chi connectivity index (χ0n) is 15.6. The van der Waals surface area contributed by atoms with E-state index in [4.69, 9.17) is 4.42 Å². The normalized spacial score (nSPS) is 12.9. The van der Waals surface area contributed by atoms with Gasteiger partial charge >= 0.3 is 5.76 Å². The molecule has 11 heteroatoms. The fourth-order valence-electron chi connectivity index (χ4n) is 3.64. The van der Waals surface area contributed by atoms with E-state index in [1.165, 1.54) is 39.8 Å². The number of amides is 1. The number of anilines is 1. The van der Waals surface area contributed by atoms with Gasteiger partial charge in [0.1, 0.15) is 0 Å². The molecular formula is C19H16N4O7. The van der Waals surface area contributed by atoms with Crippen molar-refractivity contribution in [2.75, 3.05) is 11.4 Å². The van der Waals surface area contributed by atoms with Crippen molar-refractivity contribution in [1.29, 1.82) is 0 Å². The Labute approximate surface area is 168 Å². The maximum Gasteiger partial charge on any atom is 0.419 e. The number of nitro benzene ring substituents is 2. The lowest BCUT2D eigenvalue weighted by molar-refractivity contribution is -0.385. The highest BCUT2D eigenvalue weighted by Crippen LogP contribution is 2.32. The number of rotatable bonds is 6. The second kappa shape index (κ2) is 7.43. The molecule has 2 heterocycles. The number of fused-ring (bicyclic) bond motifs is 2. The molecule has 0 unspecified atom stereocenters. The minimum atomic E-state index is -0.653. The summed E-state index contributed by atoms with van der Waals surface area (Å²) >= 11 is 0. The number of aromatic nitrogens is 1. The second-order valence-electron chi connectivity index (χ2n) is 6.90. The van der Waals surface area contributed by atoms with Crippen LogP contribution in [0.15, 0.2) is 45.6 Å². The molecule has 1 aliphatic rings. The molecule has 11 nitrogen and oxygen atoms in total. The van der Waals surface area contributed by atoms with Gasteiger partial charge in [-0.1, -0.05) is 6.07 Å². The minimum Gasteiger partial charge on any atom is -0.407 e. The molecule has 0 saturated heterocycles. The fourth-order valence-corrected chi connectivity index (χ4v) is 3.64. The maximum atomic E-state index is 12.7. The van der Waals surface area contributed by atoms with E-state index in [2.05, 4.69) is 0 Å². The average Bonchev–Trinajstić information content (AvgIpc) is 3.27. The Morgan fingerprint density at radius 1 is 1.07 bits per heavy atom. The predicted molar refractivity (Wildman–Crippen MR) is 106 cm³/mol. The maximum absolute atomic E-state index is 12.7. The van der Waals surface area contributed by atoms with Gasteiger partial charge in [0.2, 0.25) is 5.91 Å². The molecule has 0 fully saturated rings. The zero-order valence-corrected chi connectivity index (χ0v) is 15.6. The Hall–Kier alpha value is -4.02. The number of carbonyl (C=O) groups is 1. The van der Waals surface area contributed by atoms with Crippen molar-refractivity contribution in [3.63, 3.8) is 0 Å². The molecule has 2 aromatic carbocycles. The monoisotopic (exact) mass is 412 g/mol. The average molecular weight is 412 g/mol. The standard InChI is InChI=1S/C19H16N4O7/c24-18(20-9-7-12-3-4-13(22(26)27)10-16(12)20)2-1-8-21-15-6-5-14(23(28)29)11-17(15)30-19(21)25/h3-6,10-11H,1-2,7-9H2. The van der Waals surface area contributed by atoms with Gasteiger partial charge in [0.05, 0.1) is 27.1 Å². The quantitative estimate of drug-likeness (QED) is 0.447. The van der Waals surface area contributed by atoms with Gasteiger partial charge in [0.25, 0.3) is 11.4 Å². The van der Waals surface area contributed by atoms with Crippen LogP contribution in [0.4, 0.5) is 17.1 Å². The molecule has 0 radical (unpaired) electrons. The third-order valence-electron chi connectivity index (χ3n) is 5.11. The van der Waals surface area contributed by atoms with Crippen molar-refractivity contribution in [3.05, 3.63) is 72.7 Å². The van der Waals surface area contributed by atoms with Crippen LogP contribution < -0.4 is 10.7 Å². The number of carbonyl (C=O) groups excluding carboxylic acids is 1. The first-order valence-electron chi connectivity index (χ1n) is 9.20. The molecule has 0 spiro atoms. The molecular weight excluding hydrogens is 396 g/mol. The summed E-state index contributed by atoms with van der Waals surface area (Å²) in [6.07, 6.45) is 1.10. The molecule has 0 saturated carbocycles. The van der Waals surface area contributed by atoms with Crippen LogP contribution in [-0.2, 0) is 17.8 Å². The van der Waals surface area contributed by atoms with E-state index in [0.29, 0.717) is 30.6 Å². The second-order valence-corrected chi connectivity index (χ2v) is 6.90. The van der Waals surface area contributed by atoms with Gasteiger partial charge in [-0.3, -0.25) is 29.6 Å². The van der Waals surface area contributed by atoms with E-state index in [0.717, 1.165) is 5.56 Å². The third-order valence-corrected chi connectivity index (χ3v) is 5.11. The van der Waals surface area contributed by atoms with Crippen molar-refractivity contribution in [3.8, 4) is 0 Å². The Bertz CT molecular complexity index is 1240. The van der Waals surface area contributed by atoms with Gasteiger partial charge in [-0.2, -0.15) is 0 Å². The van der Waals surface area contributed by atoms with Crippen LogP contribution in [0, 0.1) is 20.2 Å². The van der Waals surface area contributed by atoms with Crippen LogP contribution in [0.5, 0.6) is 0 Å². The van der Waals surface area contributed by atoms with Crippen LogP contribution in [0.1, 0.15) is 18.4 Å². The summed E-state index contributed by atoms with van der Waals surface area (Å²) in [4.78, 5) is 47.1. The van der Waals surface area contributed by atoms with Crippen molar-refractivity contribution < 1.29 is 19.1 Å². The first kappa shape index (κ1) is 19.3. The number of oxazole rings is 1. The number of benzene rings is 2. The molecule has 0 atom stereocenters. The van der Waals surface area contributed by atoms with Gasteiger partial charge in [-0.25, -0.2) is 4.79 Å². The Balaban J connectivity index is 1.46. The Morgan fingerprint density at radius 2 is 1.77 bits per heavy atom. The number of hydrogen-bond acceptors (Lipinski definition) is 7. The van der Waals surface area contributed by atoms with Crippen LogP contribution in [-0.4, -0.2) is 26.9 Å². The molecule has 0 bridgehead atoms. The summed E-state index contributed by atoms with van der Waals surface area (Å²) in [5, 5.41) is 21.9. The van der Waals surface area contributed by atoms with Gasteiger partial charge in [-0.05, 0) is 24.5 Å². The number of aryl methyl sites for hydroxylation is 1. The molecule has 0 aliphatic carbocycles. The van der Waals surface area contributed by atoms with Gasteiger partial charge in [0, 0.05) is 37.7 Å². The summed E-state index contributed by atoms with van der Waals surface area (Å²) in [5.41, 5.74) is 1.71. The highest BCUT2D eigenvalue weighted by Gasteiger charge is 2.26. The van der Waals surface area contributed by atoms with E-state index < -0.39 is 15.6 Å². The van der Waals surface area contributed by atoms with E-state index in [-0.39, 0.29) is 35.8 Å². The van der Waals surface area contributed by atoms with Crippen molar-refractivity contribution in [2.45, 2.75) is 25.8 Å². The molecule has 1 aromatic heterocycles. The van der Waals surface area contributed by atoms with Crippen molar-refractivity contribution in [1.82, 2.24) is 4.57 Å². The van der Waals surface area contributed by atoms with E-state index in [1.807, 2.05) is 0 Å². The lowest BCUT2D eigenvalue weighted by Crippen LogP contribution is -2.29. The smallest absolute Gasteiger partial charge is 0.407 e. The molecule has 3 aromatic rings. The topological polar surface area (TPSA) is 142 Å². The highest BCUT2D eigenvalue weighted by atomic mass is 16.6. The number of nitro groups is 2. The van der Waals surface area contributed by atoms with Crippen LogP contribution in [0.25, 0.3) is 11.1 Å². The van der Waals surface area contributed by atoms with E-state index in [1.54, 1.807) is 6.07 Å². The molecule has 0 N–H and O–H groups in total. The van der Waals surface area contributed by atoms with Crippen molar-refractivity contribution >= 4 is 34.1 Å². The summed E-state index contributed by atoms with van der Waals surface area (Å²) in [6.45, 7) is 0.651. The number of nitrogens with zero attached hydrogens (tertiary/aromatic N) is 4. The molecule has 30 heavy (non-hydrogen) atoms. The number of hydrogen-bond donors (Lipinski definition) is 0. The third kappa shape index (κ3) is 3.41. The summed E-state index contributed by atoms with van der Waals surface area (Å²) in [7, 11) is 0. The van der Waals surface area contributed by atoms with Gasteiger partial charge in [0.15, 0.2) is 5.58 Å². The molecule has 154 valence electrons. The van der Waals surface area contributed by atoms with Crippen molar-refractivity contribution in [2.24, 2.45) is 0 Å². The zero-order chi connectivity index (χ0) is 21.4. The lowest BCUT2D eigenvalue weighted by Gasteiger charge is -2.17. The molecule has 1 aliphatic heterocycles. The van der Waals surface area contributed by atoms with Crippen LogP contribution >= 0.6 is 0 Å². The number of non-ortho nitro benzene ring substituents is 2. The summed E-state index contributed by atoms with van der Waals surface area (Å²) in [5.74, 6) is -0.842. The van der Waals surface area contributed by atoms with Gasteiger partial charge < -0.3 is 9.32 Å². The molecule has 1 amide bonds. The predicted octanol–water partition coefficient (Wildman–Crippen LogP) is 2.78. The minimum absolute atomic E-state index is 0.0704. The lowest BCUT2D eigenvalue weighted by atomic mass is 10.1. The summed E-state index contributed by atoms with van der Waals surface area (Å²) in [6, 6.07) is 8.40. The summed E-state index contributed by atoms with van der Waals surface area (Å²) < 4.78 is 6.40. The SMILES string of the molecule is O=C(CCCn1c(=O)oc2cc([N+](=O)[O-])ccc21)N1CCc2ccc([N+](=O)[O-])cc21. The van der Waals surface area contributed by atoms with E-state index in [9.17, 15) is 29.8 Å². The largest absolute Gasteiger partial charge is 0.419 e. The van der Waals surface area contributed by atoms with Crippen LogP contribution in [0.3, 0.4) is 0 Å². The van der Waals surface area contributed by atoms with E-state index >= 15 is 0 Å². The van der Waals surface area contributed by atoms with Gasteiger partial charge in [-0.15, -0.1) is 0 Å². The Morgan fingerprint density at radius 3 is 2.50 bits per heavy atom. The fraction of sp³-hybridized carbons (Fsp3) is 0.263. The highest BCUT2D eigenvalue weighted by molar-refractivity contribution is 5.95. The van der Waals surface area contributed by atoms with Crippen LogP contribution in [0.2, 0.25) is 0 Å². The first-order chi connectivity index (χ1) is 14.3. The first-order valence-corrected chi connectivity index (χ1v) is 9.20. The molecule has 4 rings (SSSR count).